The molecule has 0 saturated heterocycles. The highest BCUT2D eigenvalue weighted by atomic mass is 32.2. The summed E-state index contributed by atoms with van der Waals surface area (Å²) in [6.07, 6.45) is 2.10. The first-order valence-corrected chi connectivity index (χ1v) is 6.16. The van der Waals surface area contributed by atoms with Gasteiger partial charge in [0.1, 0.15) is 0 Å². The molecule has 2 aromatic rings. The average molecular weight is 249 g/mol. The van der Waals surface area contributed by atoms with E-state index in [1.807, 2.05) is 30.5 Å². The lowest BCUT2D eigenvalue weighted by molar-refractivity contribution is -0.115. The summed E-state index contributed by atoms with van der Waals surface area (Å²) in [6, 6.07) is 7.64. The number of hydrogen-bond donors (Lipinski definition) is 2. The number of amides is 1. The molecule has 0 aliphatic rings. The molecular weight excluding hydrogens is 238 g/mol. The van der Waals surface area contributed by atoms with E-state index in [-0.39, 0.29) is 12.3 Å². The Bertz CT molecular complexity index is 499. The Morgan fingerprint density at radius 1 is 1.53 bits per heavy atom. The summed E-state index contributed by atoms with van der Waals surface area (Å²) in [4.78, 5) is 12.7. The Kier molecular flexibility index (Phi) is 3.71. The monoisotopic (exact) mass is 249 g/mol. The van der Waals surface area contributed by atoms with Gasteiger partial charge in [-0.3, -0.25) is 4.79 Å². The van der Waals surface area contributed by atoms with E-state index in [1.165, 1.54) is 0 Å². The predicted molar refractivity (Wildman–Crippen MR) is 64.7 cm³/mol. The molecule has 88 valence electrons. The molecule has 7 heteroatoms. The minimum atomic E-state index is -0.162. The lowest BCUT2D eigenvalue weighted by Gasteiger charge is -2.04. The molecular formula is C10H11N5OS. The van der Waals surface area contributed by atoms with Crippen LogP contribution in [0.15, 0.2) is 29.2 Å². The van der Waals surface area contributed by atoms with Crippen LogP contribution in [0.3, 0.4) is 0 Å². The van der Waals surface area contributed by atoms with E-state index in [0.29, 0.717) is 5.82 Å². The molecule has 0 bridgehead atoms. The minimum Gasteiger partial charge on any atom is -0.326 e. The van der Waals surface area contributed by atoms with E-state index in [0.717, 1.165) is 10.6 Å². The maximum Gasteiger partial charge on any atom is 0.232 e. The summed E-state index contributed by atoms with van der Waals surface area (Å²) >= 11 is 1.62. The van der Waals surface area contributed by atoms with Gasteiger partial charge >= 0.3 is 0 Å². The molecule has 0 saturated carbocycles. The molecule has 0 spiro atoms. The number of tetrazole rings is 1. The van der Waals surface area contributed by atoms with Crippen LogP contribution in [-0.4, -0.2) is 32.8 Å². The van der Waals surface area contributed by atoms with Gasteiger partial charge in [0.2, 0.25) is 5.91 Å². The topological polar surface area (TPSA) is 83.6 Å². The van der Waals surface area contributed by atoms with Crippen molar-refractivity contribution in [3.05, 3.63) is 30.1 Å². The maximum absolute atomic E-state index is 11.6. The van der Waals surface area contributed by atoms with Gasteiger partial charge in [-0.05, 0) is 24.5 Å². The number of H-pyrrole nitrogens is 1. The van der Waals surface area contributed by atoms with Gasteiger partial charge < -0.3 is 5.32 Å². The summed E-state index contributed by atoms with van der Waals surface area (Å²) < 4.78 is 0. The first-order valence-electron chi connectivity index (χ1n) is 4.94. The zero-order chi connectivity index (χ0) is 12.1. The molecule has 0 aliphatic heterocycles. The molecule has 1 aromatic carbocycles. The van der Waals surface area contributed by atoms with Crippen LogP contribution in [0.25, 0.3) is 0 Å². The van der Waals surface area contributed by atoms with Crippen molar-refractivity contribution in [1.82, 2.24) is 20.6 Å². The Morgan fingerprint density at radius 3 is 3.12 bits per heavy atom. The second-order valence-corrected chi connectivity index (χ2v) is 4.16. The number of hydrogen-bond acceptors (Lipinski definition) is 5. The normalized spacial score (nSPS) is 10.2. The van der Waals surface area contributed by atoms with Crippen molar-refractivity contribution in [3.8, 4) is 0 Å². The molecule has 1 heterocycles. The molecule has 0 aliphatic carbocycles. The van der Waals surface area contributed by atoms with E-state index >= 15 is 0 Å². The van der Waals surface area contributed by atoms with Crippen LogP contribution in [-0.2, 0) is 11.2 Å². The number of anilines is 1. The molecule has 17 heavy (non-hydrogen) atoms. The first kappa shape index (κ1) is 11.6. The first-order chi connectivity index (χ1) is 8.28. The number of nitrogens with one attached hydrogen (secondary N) is 2. The van der Waals surface area contributed by atoms with Crippen LogP contribution in [0.2, 0.25) is 0 Å². The SMILES string of the molecule is CSc1cccc(NC(=O)Cc2nn[nH]n2)c1. The Hall–Kier alpha value is -1.89. The smallest absolute Gasteiger partial charge is 0.232 e. The van der Waals surface area contributed by atoms with Crippen molar-refractivity contribution in [2.45, 2.75) is 11.3 Å². The fraction of sp³-hybridized carbons (Fsp3) is 0.200. The van der Waals surface area contributed by atoms with Gasteiger partial charge in [-0.1, -0.05) is 11.3 Å². The van der Waals surface area contributed by atoms with E-state index in [2.05, 4.69) is 25.9 Å². The molecule has 1 aromatic heterocycles. The fourth-order valence-corrected chi connectivity index (χ4v) is 1.77. The van der Waals surface area contributed by atoms with Crippen LogP contribution >= 0.6 is 11.8 Å². The predicted octanol–water partition coefficient (Wildman–Crippen LogP) is 1.10. The number of carbonyl (C=O) groups is 1. The van der Waals surface area contributed by atoms with Crippen molar-refractivity contribution in [3.63, 3.8) is 0 Å². The third-order valence-corrected chi connectivity index (χ3v) is 2.79. The van der Waals surface area contributed by atoms with Gasteiger partial charge in [-0.15, -0.1) is 22.0 Å². The van der Waals surface area contributed by atoms with Gasteiger partial charge in [0, 0.05) is 10.6 Å². The quantitative estimate of drug-likeness (QED) is 0.793. The lowest BCUT2D eigenvalue weighted by atomic mass is 10.3. The summed E-state index contributed by atoms with van der Waals surface area (Å²) in [5.41, 5.74) is 0.769. The van der Waals surface area contributed by atoms with Crippen LogP contribution in [0.4, 0.5) is 5.69 Å². The molecule has 2 N–H and O–H groups in total. The van der Waals surface area contributed by atoms with Crippen molar-refractivity contribution >= 4 is 23.4 Å². The molecule has 2 rings (SSSR count). The summed E-state index contributed by atoms with van der Waals surface area (Å²) in [5.74, 6) is 0.216. The van der Waals surface area contributed by atoms with Crippen molar-refractivity contribution in [2.75, 3.05) is 11.6 Å². The fourth-order valence-electron chi connectivity index (χ4n) is 1.31. The number of rotatable bonds is 4. The highest BCUT2D eigenvalue weighted by molar-refractivity contribution is 7.98. The van der Waals surface area contributed by atoms with E-state index in [1.54, 1.807) is 11.8 Å². The van der Waals surface area contributed by atoms with Gasteiger partial charge in [0.25, 0.3) is 0 Å². The second-order valence-electron chi connectivity index (χ2n) is 3.28. The van der Waals surface area contributed by atoms with E-state index in [4.69, 9.17) is 0 Å². The third-order valence-electron chi connectivity index (χ3n) is 2.06. The number of carbonyl (C=O) groups excluding carboxylic acids is 1. The highest BCUT2D eigenvalue weighted by Gasteiger charge is 2.07. The van der Waals surface area contributed by atoms with Gasteiger partial charge in [-0.25, -0.2) is 0 Å². The Morgan fingerprint density at radius 2 is 2.41 bits per heavy atom. The van der Waals surface area contributed by atoms with Crippen molar-refractivity contribution in [1.29, 1.82) is 0 Å². The number of thioether (sulfide) groups is 1. The highest BCUT2D eigenvalue weighted by Crippen LogP contribution is 2.18. The Labute approximate surface area is 102 Å². The second kappa shape index (κ2) is 5.44. The van der Waals surface area contributed by atoms with Crippen LogP contribution in [0, 0.1) is 0 Å². The Balaban J connectivity index is 1.98. The van der Waals surface area contributed by atoms with E-state index < -0.39 is 0 Å². The van der Waals surface area contributed by atoms with Gasteiger partial charge in [-0.2, -0.15) is 5.21 Å². The molecule has 1 amide bonds. The number of nitrogens with zero attached hydrogens (tertiary/aromatic N) is 3. The maximum atomic E-state index is 11.6. The van der Waals surface area contributed by atoms with Crippen LogP contribution < -0.4 is 5.32 Å². The van der Waals surface area contributed by atoms with E-state index in [9.17, 15) is 4.79 Å². The zero-order valence-electron chi connectivity index (χ0n) is 9.17. The largest absolute Gasteiger partial charge is 0.326 e. The van der Waals surface area contributed by atoms with Crippen LogP contribution in [0.5, 0.6) is 0 Å². The average Bonchev–Trinajstić information content (AvgIpc) is 2.82. The minimum absolute atomic E-state index is 0.111. The molecule has 0 fully saturated rings. The molecule has 0 radical (unpaired) electrons. The van der Waals surface area contributed by atoms with Crippen molar-refractivity contribution in [2.24, 2.45) is 0 Å². The number of aromatic nitrogens is 4. The van der Waals surface area contributed by atoms with Crippen molar-refractivity contribution < 1.29 is 4.79 Å². The molecule has 0 unspecified atom stereocenters. The third kappa shape index (κ3) is 3.28. The summed E-state index contributed by atoms with van der Waals surface area (Å²) in [6.45, 7) is 0. The molecule has 6 nitrogen and oxygen atoms in total. The standard InChI is InChI=1S/C10H11N5OS/c1-17-8-4-2-3-7(5-8)11-10(16)6-9-12-14-15-13-9/h2-5H,6H2,1H3,(H,11,16)(H,12,13,14,15). The number of benzene rings is 1. The molecule has 0 atom stereocenters. The van der Waals surface area contributed by atoms with Crippen LogP contribution in [0.1, 0.15) is 5.82 Å². The summed E-state index contributed by atoms with van der Waals surface area (Å²) in [5, 5.41) is 15.9. The van der Waals surface area contributed by atoms with Gasteiger partial charge in [0.05, 0.1) is 6.42 Å². The summed E-state index contributed by atoms with van der Waals surface area (Å²) in [7, 11) is 0. The van der Waals surface area contributed by atoms with Gasteiger partial charge in [0.15, 0.2) is 5.82 Å². The number of aromatic amines is 1. The lowest BCUT2D eigenvalue weighted by Crippen LogP contribution is -2.15. The zero-order valence-corrected chi connectivity index (χ0v) is 9.99.